The quantitative estimate of drug-likeness (QED) is 0.464. The van der Waals surface area contributed by atoms with E-state index in [9.17, 15) is 13.2 Å². The number of likely N-dealkylation sites (tertiary alicyclic amines) is 1. The molecular formula is C23H35N5O3S2. The summed E-state index contributed by atoms with van der Waals surface area (Å²) in [5, 5.41) is 9.48. The highest BCUT2D eigenvalue weighted by Crippen LogP contribution is 2.31. The van der Waals surface area contributed by atoms with Crippen molar-refractivity contribution in [2.45, 2.75) is 69.5 Å². The zero-order chi connectivity index (χ0) is 24.0. The summed E-state index contributed by atoms with van der Waals surface area (Å²) in [5.74, 6) is 1.08. The van der Waals surface area contributed by atoms with E-state index in [1.165, 1.54) is 22.5 Å². The number of hydrogen-bond donors (Lipinski definition) is 0. The van der Waals surface area contributed by atoms with Gasteiger partial charge in [-0.3, -0.25) is 9.36 Å². The van der Waals surface area contributed by atoms with Crippen molar-refractivity contribution in [1.82, 2.24) is 24.0 Å². The van der Waals surface area contributed by atoms with Crippen LogP contribution in [-0.2, 0) is 14.8 Å². The van der Waals surface area contributed by atoms with Crippen molar-refractivity contribution in [2.75, 3.05) is 31.9 Å². The van der Waals surface area contributed by atoms with Gasteiger partial charge in [-0.25, -0.2) is 8.42 Å². The minimum Gasteiger partial charge on any atom is -0.342 e. The molecule has 1 amide bonds. The van der Waals surface area contributed by atoms with Crippen LogP contribution < -0.4 is 0 Å². The number of aromatic nitrogens is 3. The van der Waals surface area contributed by atoms with Crippen LogP contribution in [0.25, 0.3) is 11.4 Å². The van der Waals surface area contributed by atoms with Crippen LogP contribution in [0, 0.1) is 0 Å². The average Bonchev–Trinajstić information content (AvgIpc) is 3.27. The van der Waals surface area contributed by atoms with E-state index >= 15 is 0 Å². The summed E-state index contributed by atoms with van der Waals surface area (Å²) >= 11 is 1.40. The molecule has 0 bridgehead atoms. The Bertz CT molecular complexity index is 1040. The molecule has 1 aromatic carbocycles. The van der Waals surface area contributed by atoms with Crippen LogP contribution in [0.5, 0.6) is 0 Å². The van der Waals surface area contributed by atoms with Gasteiger partial charge in [-0.2, -0.15) is 4.31 Å². The van der Waals surface area contributed by atoms with Gasteiger partial charge in [-0.1, -0.05) is 44.7 Å². The Hall–Kier alpha value is -1.91. The van der Waals surface area contributed by atoms with E-state index in [4.69, 9.17) is 0 Å². The molecule has 33 heavy (non-hydrogen) atoms. The van der Waals surface area contributed by atoms with Gasteiger partial charge in [0.25, 0.3) is 0 Å². The van der Waals surface area contributed by atoms with Crippen LogP contribution >= 0.6 is 11.8 Å². The van der Waals surface area contributed by atoms with E-state index in [1.807, 2.05) is 29.4 Å². The van der Waals surface area contributed by atoms with E-state index in [0.717, 1.165) is 32.4 Å². The van der Waals surface area contributed by atoms with Gasteiger partial charge in [-0.15, -0.1) is 10.2 Å². The highest BCUT2D eigenvalue weighted by Gasteiger charge is 2.25. The normalized spacial score (nSPS) is 15.7. The van der Waals surface area contributed by atoms with Gasteiger partial charge in [0.05, 0.1) is 10.6 Å². The summed E-state index contributed by atoms with van der Waals surface area (Å²) in [4.78, 5) is 14.8. The van der Waals surface area contributed by atoms with Crippen molar-refractivity contribution in [3.8, 4) is 11.4 Å². The highest BCUT2D eigenvalue weighted by molar-refractivity contribution is 7.99. The number of sulfonamides is 1. The minimum absolute atomic E-state index is 0.102. The van der Waals surface area contributed by atoms with Crippen LogP contribution in [0.3, 0.4) is 0 Å². The lowest BCUT2D eigenvalue weighted by molar-refractivity contribution is -0.129. The Kier molecular flexibility index (Phi) is 8.95. The highest BCUT2D eigenvalue weighted by atomic mass is 32.2. The van der Waals surface area contributed by atoms with E-state index in [1.54, 1.807) is 18.2 Å². The first-order chi connectivity index (χ1) is 15.8. The number of amides is 1. The van der Waals surface area contributed by atoms with Gasteiger partial charge in [0.15, 0.2) is 11.0 Å². The number of nitrogens with zero attached hydrogens (tertiary/aromatic N) is 5. The molecular weight excluding hydrogens is 458 g/mol. The molecule has 182 valence electrons. The molecule has 1 aliphatic rings. The summed E-state index contributed by atoms with van der Waals surface area (Å²) in [5.41, 5.74) is 0.699. The summed E-state index contributed by atoms with van der Waals surface area (Å²) in [6.07, 6.45) is 4.18. The smallest absolute Gasteiger partial charge is 0.243 e. The first-order valence-electron chi connectivity index (χ1n) is 11.8. The lowest BCUT2D eigenvalue weighted by Crippen LogP contribution is -2.36. The number of rotatable bonds is 10. The standard InChI is InChI=1S/C23H35N5O3S2/c1-5-18(4)28-22(19-12-11-13-20(16-19)33(30,31)27(6-2)7-3)24-25-23(28)32-17-21(29)26-14-9-8-10-15-26/h11-13,16,18H,5-10,14-15,17H2,1-4H3. The number of piperidine rings is 1. The van der Waals surface area contributed by atoms with Gasteiger partial charge < -0.3 is 4.90 Å². The van der Waals surface area contributed by atoms with Crippen LogP contribution in [0.2, 0.25) is 0 Å². The Morgan fingerprint density at radius 1 is 1.12 bits per heavy atom. The number of thioether (sulfide) groups is 1. The SMILES string of the molecule is CCC(C)n1c(SCC(=O)N2CCCCC2)nnc1-c1cccc(S(=O)(=O)N(CC)CC)c1. The van der Waals surface area contributed by atoms with E-state index in [-0.39, 0.29) is 16.8 Å². The van der Waals surface area contributed by atoms with E-state index in [0.29, 0.717) is 35.4 Å². The molecule has 8 nitrogen and oxygen atoms in total. The summed E-state index contributed by atoms with van der Waals surface area (Å²) < 4.78 is 29.5. The Morgan fingerprint density at radius 3 is 2.45 bits per heavy atom. The molecule has 10 heteroatoms. The summed E-state index contributed by atoms with van der Waals surface area (Å²) in [6, 6.07) is 6.99. The lowest BCUT2D eigenvalue weighted by Gasteiger charge is -2.26. The first-order valence-corrected chi connectivity index (χ1v) is 14.2. The molecule has 0 radical (unpaired) electrons. The fourth-order valence-electron chi connectivity index (χ4n) is 4.02. The largest absolute Gasteiger partial charge is 0.342 e. The minimum atomic E-state index is -3.58. The molecule has 2 aromatic rings. The van der Waals surface area contributed by atoms with Gasteiger partial charge in [0.2, 0.25) is 15.9 Å². The van der Waals surface area contributed by atoms with Gasteiger partial charge in [-0.05, 0) is 44.7 Å². The van der Waals surface area contributed by atoms with Gasteiger partial charge >= 0.3 is 0 Å². The van der Waals surface area contributed by atoms with E-state index in [2.05, 4.69) is 24.0 Å². The maximum atomic E-state index is 13.0. The van der Waals surface area contributed by atoms with Crippen molar-refractivity contribution in [3.63, 3.8) is 0 Å². The topological polar surface area (TPSA) is 88.4 Å². The van der Waals surface area contributed by atoms with Crippen LogP contribution in [0.4, 0.5) is 0 Å². The maximum absolute atomic E-state index is 13.0. The molecule has 3 rings (SSSR count). The van der Waals surface area contributed by atoms with Gasteiger partial charge in [0.1, 0.15) is 0 Å². The molecule has 0 N–H and O–H groups in total. The zero-order valence-electron chi connectivity index (χ0n) is 20.0. The zero-order valence-corrected chi connectivity index (χ0v) is 21.7. The molecule has 1 fully saturated rings. The third kappa shape index (κ3) is 5.78. The van der Waals surface area contributed by atoms with Crippen molar-refractivity contribution >= 4 is 27.7 Å². The van der Waals surface area contributed by atoms with Crippen molar-refractivity contribution in [2.24, 2.45) is 0 Å². The fourth-order valence-corrected chi connectivity index (χ4v) is 6.46. The first kappa shape index (κ1) is 25.7. The second-order valence-electron chi connectivity index (χ2n) is 8.28. The van der Waals surface area contributed by atoms with Crippen molar-refractivity contribution < 1.29 is 13.2 Å². The van der Waals surface area contributed by atoms with Gasteiger partial charge in [0, 0.05) is 37.8 Å². The summed E-state index contributed by atoms with van der Waals surface area (Å²) in [7, 11) is -3.58. The monoisotopic (exact) mass is 493 g/mol. The number of hydrogen-bond acceptors (Lipinski definition) is 6. The lowest BCUT2D eigenvalue weighted by atomic mass is 10.1. The predicted octanol–water partition coefficient (Wildman–Crippen LogP) is 4.05. The van der Waals surface area contributed by atoms with Crippen molar-refractivity contribution in [1.29, 1.82) is 0 Å². The Balaban J connectivity index is 1.89. The second-order valence-corrected chi connectivity index (χ2v) is 11.2. The molecule has 0 aliphatic carbocycles. The average molecular weight is 494 g/mol. The summed E-state index contributed by atoms with van der Waals surface area (Å²) in [6.45, 7) is 10.3. The molecule has 2 heterocycles. The molecule has 0 spiro atoms. The number of benzene rings is 1. The van der Waals surface area contributed by atoms with Crippen molar-refractivity contribution in [3.05, 3.63) is 24.3 Å². The molecule has 0 saturated carbocycles. The predicted molar refractivity (Wildman–Crippen MR) is 132 cm³/mol. The number of carbonyl (C=O) groups excluding carboxylic acids is 1. The maximum Gasteiger partial charge on any atom is 0.243 e. The molecule has 1 unspecified atom stereocenters. The molecule has 1 aromatic heterocycles. The third-order valence-corrected chi connectivity index (χ3v) is 9.14. The third-order valence-electron chi connectivity index (χ3n) is 6.17. The molecule has 1 atom stereocenters. The van der Waals surface area contributed by atoms with Crippen LogP contribution in [0.1, 0.15) is 59.4 Å². The fraction of sp³-hybridized carbons (Fsp3) is 0.609. The Labute approximate surface area is 201 Å². The Morgan fingerprint density at radius 2 is 1.82 bits per heavy atom. The molecule has 1 saturated heterocycles. The van der Waals surface area contributed by atoms with Crippen LogP contribution in [-0.4, -0.2) is 70.2 Å². The molecule has 1 aliphatic heterocycles. The second kappa shape index (κ2) is 11.5. The van der Waals surface area contributed by atoms with Crippen LogP contribution in [0.15, 0.2) is 34.3 Å². The number of carbonyl (C=O) groups is 1. The van der Waals surface area contributed by atoms with E-state index < -0.39 is 10.0 Å².